The Morgan fingerprint density at radius 3 is 2.22 bits per heavy atom. The standard InChI is InChI=1S/C32H38/c1-8-13-23(5)26(10-3)28-16-12-17-29(25(28)7)32-21-22(4)19-20-31(32)30-18-11-15-24(6)27(30)14-9-2/h8,11-13,15-21H,9-10,14H2,1-7H3/b13-8-,26-23+. The zero-order valence-electron chi connectivity index (χ0n) is 21.0. The summed E-state index contributed by atoms with van der Waals surface area (Å²) in [5.41, 5.74) is 15.1. The number of hydrogen-bond acceptors (Lipinski definition) is 0. The minimum Gasteiger partial charge on any atom is -0.0874 e. The Morgan fingerprint density at radius 1 is 0.812 bits per heavy atom. The van der Waals surface area contributed by atoms with E-state index in [0.717, 1.165) is 19.3 Å². The lowest BCUT2D eigenvalue weighted by Gasteiger charge is -2.20. The largest absolute Gasteiger partial charge is 0.0874 e. The summed E-state index contributed by atoms with van der Waals surface area (Å²) in [7, 11) is 0. The molecular weight excluding hydrogens is 384 g/mol. The zero-order chi connectivity index (χ0) is 23.3. The molecule has 0 heterocycles. The monoisotopic (exact) mass is 422 g/mol. The fourth-order valence-electron chi connectivity index (χ4n) is 4.94. The first-order valence-corrected chi connectivity index (χ1v) is 12.0. The van der Waals surface area contributed by atoms with E-state index >= 15 is 0 Å². The van der Waals surface area contributed by atoms with Crippen LogP contribution in [0.4, 0.5) is 0 Å². The zero-order valence-corrected chi connectivity index (χ0v) is 21.0. The highest BCUT2D eigenvalue weighted by Gasteiger charge is 2.16. The van der Waals surface area contributed by atoms with Crippen LogP contribution in [0.15, 0.2) is 72.3 Å². The molecule has 0 aliphatic heterocycles. The van der Waals surface area contributed by atoms with Crippen LogP contribution in [0.3, 0.4) is 0 Å². The van der Waals surface area contributed by atoms with Crippen molar-refractivity contribution in [2.24, 2.45) is 0 Å². The average molecular weight is 423 g/mol. The molecule has 0 atom stereocenters. The molecule has 3 aromatic rings. The van der Waals surface area contributed by atoms with E-state index < -0.39 is 0 Å². The maximum absolute atomic E-state index is 2.37. The van der Waals surface area contributed by atoms with E-state index in [1.165, 1.54) is 61.2 Å². The van der Waals surface area contributed by atoms with Gasteiger partial charge in [-0.05, 0) is 103 Å². The minimum atomic E-state index is 1.03. The van der Waals surface area contributed by atoms with Gasteiger partial charge in [-0.3, -0.25) is 0 Å². The van der Waals surface area contributed by atoms with Crippen LogP contribution < -0.4 is 0 Å². The SMILES string of the molecule is C/C=C\C(C)=C(/CC)c1cccc(-c2cc(C)ccc2-c2cccc(C)c2CCC)c1C. The smallest absolute Gasteiger partial charge is 0.00998 e. The molecule has 32 heavy (non-hydrogen) atoms. The lowest BCUT2D eigenvalue weighted by Crippen LogP contribution is -1.98. The molecule has 0 heteroatoms. The number of benzene rings is 3. The summed E-state index contributed by atoms with van der Waals surface area (Å²) in [6, 6.07) is 20.5. The molecule has 0 aromatic heterocycles. The second kappa shape index (κ2) is 10.6. The number of hydrogen-bond donors (Lipinski definition) is 0. The lowest BCUT2D eigenvalue weighted by atomic mass is 9.84. The molecule has 0 unspecified atom stereocenters. The van der Waals surface area contributed by atoms with Gasteiger partial charge in [-0.25, -0.2) is 0 Å². The highest BCUT2D eigenvalue weighted by Crippen LogP contribution is 2.39. The van der Waals surface area contributed by atoms with Crippen LogP contribution in [-0.2, 0) is 6.42 Å². The summed E-state index contributed by atoms with van der Waals surface area (Å²) >= 11 is 0. The molecule has 166 valence electrons. The van der Waals surface area contributed by atoms with Crippen LogP contribution in [0.2, 0.25) is 0 Å². The minimum absolute atomic E-state index is 1.03. The van der Waals surface area contributed by atoms with Crippen molar-refractivity contribution >= 4 is 5.57 Å². The van der Waals surface area contributed by atoms with Crippen molar-refractivity contribution in [1.29, 1.82) is 0 Å². The van der Waals surface area contributed by atoms with Gasteiger partial charge in [-0.1, -0.05) is 92.6 Å². The van der Waals surface area contributed by atoms with E-state index in [-0.39, 0.29) is 0 Å². The van der Waals surface area contributed by atoms with Crippen molar-refractivity contribution in [1.82, 2.24) is 0 Å². The summed E-state index contributed by atoms with van der Waals surface area (Å²) in [4.78, 5) is 0. The van der Waals surface area contributed by atoms with Crippen LogP contribution in [0.1, 0.15) is 68.4 Å². The molecule has 3 aromatic carbocycles. The Labute approximate surface area is 195 Å². The Kier molecular flexibility index (Phi) is 7.91. The van der Waals surface area contributed by atoms with Crippen molar-refractivity contribution in [3.05, 3.63) is 100 Å². The van der Waals surface area contributed by atoms with Crippen LogP contribution in [0.25, 0.3) is 27.8 Å². The second-order valence-corrected chi connectivity index (χ2v) is 8.89. The third-order valence-corrected chi connectivity index (χ3v) is 6.57. The molecule has 0 radical (unpaired) electrons. The van der Waals surface area contributed by atoms with E-state index in [9.17, 15) is 0 Å². The topological polar surface area (TPSA) is 0 Å². The maximum Gasteiger partial charge on any atom is -0.00998 e. The first-order chi connectivity index (χ1) is 15.4. The van der Waals surface area contributed by atoms with Crippen LogP contribution >= 0.6 is 0 Å². The summed E-state index contributed by atoms with van der Waals surface area (Å²) in [6.07, 6.45) is 7.66. The molecule has 0 saturated heterocycles. The van der Waals surface area contributed by atoms with Crippen LogP contribution in [0.5, 0.6) is 0 Å². The molecule has 0 amide bonds. The van der Waals surface area contributed by atoms with Crippen LogP contribution in [0, 0.1) is 20.8 Å². The van der Waals surface area contributed by atoms with Crippen molar-refractivity contribution in [3.63, 3.8) is 0 Å². The van der Waals surface area contributed by atoms with Gasteiger partial charge in [-0.2, -0.15) is 0 Å². The van der Waals surface area contributed by atoms with E-state index in [1.54, 1.807) is 0 Å². The first-order valence-electron chi connectivity index (χ1n) is 12.0. The Bertz CT molecular complexity index is 1150. The number of aryl methyl sites for hydroxylation is 2. The predicted molar refractivity (Wildman–Crippen MR) is 143 cm³/mol. The van der Waals surface area contributed by atoms with Gasteiger partial charge in [0.25, 0.3) is 0 Å². The Morgan fingerprint density at radius 2 is 1.53 bits per heavy atom. The second-order valence-electron chi connectivity index (χ2n) is 8.89. The van der Waals surface area contributed by atoms with Crippen LogP contribution in [-0.4, -0.2) is 0 Å². The van der Waals surface area contributed by atoms with Gasteiger partial charge >= 0.3 is 0 Å². The number of rotatable bonds is 7. The Hall–Kier alpha value is -2.86. The van der Waals surface area contributed by atoms with E-state index in [1.807, 2.05) is 0 Å². The lowest BCUT2D eigenvalue weighted by molar-refractivity contribution is 0.915. The molecule has 0 fully saturated rings. The van der Waals surface area contributed by atoms with E-state index in [0.29, 0.717) is 0 Å². The highest BCUT2D eigenvalue weighted by molar-refractivity contribution is 5.89. The molecule has 0 aliphatic carbocycles. The molecule has 0 saturated carbocycles. The molecule has 0 N–H and O–H groups in total. The molecule has 3 rings (SSSR count). The quantitative estimate of drug-likeness (QED) is 0.332. The molecule has 0 nitrogen and oxygen atoms in total. The fraction of sp³-hybridized carbons (Fsp3) is 0.312. The summed E-state index contributed by atoms with van der Waals surface area (Å²) in [6.45, 7) is 15.6. The summed E-state index contributed by atoms with van der Waals surface area (Å²) in [5.74, 6) is 0. The Balaban J connectivity index is 2.30. The van der Waals surface area contributed by atoms with Gasteiger partial charge in [0, 0.05) is 0 Å². The van der Waals surface area contributed by atoms with Gasteiger partial charge in [0.2, 0.25) is 0 Å². The normalized spacial score (nSPS) is 12.3. The van der Waals surface area contributed by atoms with Gasteiger partial charge in [0.1, 0.15) is 0 Å². The van der Waals surface area contributed by atoms with Gasteiger partial charge < -0.3 is 0 Å². The predicted octanol–water partition coefficient (Wildman–Crippen LogP) is 9.66. The van der Waals surface area contributed by atoms with Crippen molar-refractivity contribution in [2.75, 3.05) is 0 Å². The molecule has 0 spiro atoms. The van der Waals surface area contributed by atoms with Crippen molar-refractivity contribution in [2.45, 2.75) is 67.7 Å². The third kappa shape index (κ3) is 4.80. The highest BCUT2D eigenvalue weighted by atomic mass is 14.2. The molecule has 0 bridgehead atoms. The van der Waals surface area contributed by atoms with E-state index in [4.69, 9.17) is 0 Å². The third-order valence-electron chi connectivity index (χ3n) is 6.57. The average Bonchev–Trinajstić information content (AvgIpc) is 2.77. The maximum atomic E-state index is 2.37. The van der Waals surface area contributed by atoms with Gasteiger partial charge in [0.05, 0.1) is 0 Å². The first kappa shape index (κ1) is 23.8. The fourth-order valence-corrected chi connectivity index (χ4v) is 4.94. The van der Waals surface area contributed by atoms with Gasteiger partial charge in [0.15, 0.2) is 0 Å². The number of allylic oxidation sites excluding steroid dienone is 4. The van der Waals surface area contributed by atoms with Crippen molar-refractivity contribution < 1.29 is 0 Å². The molecular formula is C32H38. The summed E-state index contributed by atoms with van der Waals surface area (Å²) < 4.78 is 0. The van der Waals surface area contributed by atoms with Gasteiger partial charge in [-0.15, -0.1) is 0 Å². The summed E-state index contributed by atoms with van der Waals surface area (Å²) in [5, 5.41) is 0. The molecule has 0 aliphatic rings. The van der Waals surface area contributed by atoms with E-state index in [2.05, 4.69) is 115 Å². The van der Waals surface area contributed by atoms with Crippen molar-refractivity contribution in [3.8, 4) is 22.3 Å².